The number of carbonyl (C=O) groups is 2. The third-order valence-corrected chi connectivity index (χ3v) is 5.06. The zero-order valence-corrected chi connectivity index (χ0v) is 14.1. The number of carboxylic acid groups (broad SMARTS) is 1. The predicted octanol–water partition coefficient (Wildman–Crippen LogP) is 3.70. The Bertz CT molecular complexity index is 857. The van der Waals surface area contributed by atoms with Crippen molar-refractivity contribution >= 4 is 12.1 Å². The number of alkyl carbamates (subject to hydrolysis) is 1. The highest BCUT2D eigenvalue weighted by Gasteiger charge is 2.29. The third-order valence-electron chi connectivity index (χ3n) is 5.06. The van der Waals surface area contributed by atoms with Crippen LogP contribution in [0.25, 0.3) is 11.1 Å². The van der Waals surface area contributed by atoms with E-state index in [4.69, 9.17) is 9.84 Å². The molecule has 2 aromatic rings. The van der Waals surface area contributed by atoms with Crippen LogP contribution in [0.5, 0.6) is 0 Å². The molecule has 0 saturated heterocycles. The first-order chi connectivity index (χ1) is 12.6. The monoisotopic (exact) mass is 349 g/mol. The molecule has 0 saturated carbocycles. The van der Waals surface area contributed by atoms with Gasteiger partial charge in [-0.3, -0.25) is 0 Å². The third kappa shape index (κ3) is 2.96. The van der Waals surface area contributed by atoms with Gasteiger partial charge in [0.05, 0.1) is 0 Å². The number of ether oxygens (including phenoxy) is 1. The molecule has 26 heavy (non-hydrogen) atoms. The molecule has 2 aliphatic carbocycles. The van der Waals surface area contributed by atoms with Crippen LogP contribution in [0.1, 0.15) is 29.9 Å². The fourth-order valence-electron chi connectivity index (χ4n) is 3.81. The SMILES string of the molecule is O=C(NC1CC=C(C(=O)O)C1)OCC1c2ccccc2-c2ccccc21. The number of hydrogen-bond donors (Lipinski definition) is 2. The van der Waals surface area contributed by atoms with E-state index in [1.807, 2.05) is 24.3 Å². The van der Waals surface area contributed by atoms with Gasteiger partial charge in [0.2, 0.25) is 0 Å². The largest absolute Gasteiger partial charge is 0.478 e. The highest BCUT2D eigenvalue weighted by molar-refractivity contribution is 5.87. The highest BCUT2D eigenvalue weighted by atomic mass is 16.5. The number of carboxylic acids is 1. The molecule has 2 aliphatic rings. The second kappa shape index (κ2) is 6.67. The fraction of sp³-hybridized carbons (Fsp3) is 0.238. The molecule has 0 aliphatic heterocycles. The molecule has 5 heteroatoms. The van der Waals surface area contributed by atoms with Crippen LogP contribution in [-0.4, -0.2) is 29.8 Å². The molecule has 2 N–H and O–H groups in total. The van der Waals surface area contributed by atoms with Gasteiger partial charge in [-0.25, -0.2) is 9.59 Å². The maximum Gasteiger partial charge on any atom is 0.407 e. The second-order valence-electron chi connectivity index (χ2n) is 6.64. The van der Waals surface area contributed by atoms with Crippen molar-refractivity contribution in [3.63, 3.8) is 0 Å². The van der Waals surface area contributed by atoms with Crippen LogP contribution in [0, 0.1) is 0 Å². The van der Waals surface area contributed by atoms with Gasteiger partial charge in [-0.2, -0.15) is 0 Å². The first-order valence-electron chi connectivity index (χ1n) is 8.67. The van der Waals surface area contributed by atoms with E-state index in [0.29, 0.717) is 18.4 Å². The molecule has 0 bridgehead atoms. The summed E-state index contributed by atoms with van der Waals surface area (Å²) in [7, 11) is 0. The lowest BCUT2D eigenvalue weighted by Crippen LogP contribution is -2.34. The Balaban J connectivity index is 1.41. The number of carbonyl (C=O) groups excluding carboxylic acids is 1. The van der Waals surface area contributed by atoms with E-state index in [-0.39, 0.29) is 18.6 Å². The Morgan fingerprint density at radius 2 is 1.65 bits per heavy atom. The van der Waals surface area contributed by atoms with Crippen LogP contribution < -0.4 is 5.32 Å². The topological polar surface area (TPSA) is 75.6 Å². The molecule has 0 aromatic heterocycles. The van der Waals surface area contributed by atoms with Crippen LogP contribution in [-0.2, 0) is 9.53 Å². The quantitative estimate of drug-likeness (QED) is 0.882. The average molecular weight is 349 g/mol. The minimum Gasteiger partial charge on any atom is -0.478 e. The number of amides is 1. The minimum atomic E-state index is -0.929. The molecule has 1 unspecified atom stereocenters. The van der Waals surface area contributed by atoms with E-state index in [9.17, 15) is 9.59 Å². The fourth-order valence-corrected chi connectivity index (χ4v) is 3.81. The standard InChI is InChI=1S/C21H19NO4/c23-20(24)13-9-10-14(11-13)22-21(25)26-12-19-17-7-3-1-5-15(17)16-6-2-4-8-18(16)19/h1-9,14,19H,10-12H2,(H,22,25)(H,23,24). The summed E-state index contributed by atoms with van der Waals surface area (Å²) in [4.78, 5) is 23.1. The van der Waals surface area contributed by atoms with Gasteiger partial charge in [-0.15, -0.1) is 0 Å². The molecule has 0 fully saturated rings. The van der Waals surface area contributed by atoms with Crippen molar-refractivity contribution in [3.05, 3.63) is 71.3 Å². The molecule has 5 nitrogen and oxygen atoms in total. The van der Waals surface area contributed by atoms with E-state index in [0.717, 1.165) is 11.1 Å². The van der Waals surface area contributed by atoms with Gasteiger partial charge in [0.25, 0.3) is 0 Å². The van der Waals surface area contributed by atoms with Gasteiger partial charge in [0, 0.05) is 17.5 Å². The lowest BCUT2D eigenvalue weighted by atomic mass is 9.98. The normalized spacial score (nSPS) is 18.0. The Hall–Kier alpha value is -3.08. The zero-order chi connectivity index (χ0) is 18.1. The summed E-state index contributed by atoms with van der Waals surface area (Å²) in [6.45, 7) is 0.256. The van der Waals surface area contributed by atoms with Crippen LogP contribution >= 0.6 is 0 Å². The smallest absolute Gasteiger partial charge is 0.407 e. The summed E-state index contributed by atoms with van der Waals surface area (Å²) in [6.07, 6.45) is 2.00. The first kappa shape index (κ1) is 16.4. The van der Waals surface area contributed by atoms with E-state index < -0.39 is 12.1 Å². The Morgan fingerprint density at radius 3 is 2.23 bits per heavy atom. The van der Waals surface area contributed by atoms with E-state index in [1.165, 1.54) is 11.1 Å². The predicted molar refractivity (Wildman–Crippen MR) is 96.9 cm³/mol. The van der Waals surface area contributed by atoms with Crippen molar-refractivity contribution in [2.24, 2.45) is 0 Å². The summed E-state index contributed by atoms with van der Waals surface area (Å²) >= 11 is 0. The van der Waals surface area contributed by atoms with Crippen molar-refractivity contribution in [2.75, 3.05) is 6.61 Å². The number of rotatable bonds is 4. The van der Waals surface area contributed by atoms with Crippen LogP contribution in [0.2, 0.25) is 0 Å². The molecule has 4 rings (SSSR count). The van der Waals surface area contributed by atoms with Crippen molar-refractivity contribution in [2.45, 2.75) is 24.8 Å². The van der Waals surface area contributed by atoms with Crippen molar-refractivity contribution in [1.82, 2.24) is 5.32 Å². The molecule has 0 heterocycles. The van der Waals surface area contributed by atoms with Gasteiger partial charge >= 0.3 is 12.1 Å². The molecule has 1 amide bonds. The Kier molecular flexibility index (Phi) is 4.21. The lowest BCUT2D eigenvalue weighted by Gasteiger charge is -2.16. The molecular formula is C21H19NO4. The summed E-state index contributed by atoms with van der Waals surface area (Å²) in [6, 6.07) is 16.1. The summed E-state index contributed by atoms with van der Waals surface area (Å²) in [5, 5.41) is 11.7. The van der Waals surface area contributed by atoms with Gasteiger partial charge in [0.15, 0.2) is 0 Å². The van der Waals surface area contributed by atoms with Gasteiger partial charge in [-0.05, 0) is 35.1 Å². The lowest BCUT2D eigenvalue weighted by molar-refractivity contribution is -0.132. The first-order valence-corrected chi connectivity index (χ1v) is 8.67. The van der Waals surface area contributed by atoms with Gasteiger partial charge in [0.1, 0.15) is 6.61 Å². The summed E-state index contributed by atoms with van der Waals surface area (Å²) < 4.78 is 5.48. The maximum atomic E-state index is 12.2. The number of nitrogens with one attached hydrogen (secondary N) is 1. The van der Waals surface area contributed by atoms with Crippen LogP contribution in [0.15, 0.2) is 60.2 Å². The van der Waals surface area contributed by atoms with Crippen LogP contribution in [0.4, 0.5) is 4.79 Å². The van der Waals surface area contributed by atoms with Crippen molar-refractivity contribution < 1.29 is 19.4 Å². The van der Waals surface area contributed by atoms with E-state index >= 15 is 0 Å². The minimum absolute atomic E-state index is 0.0180. The van der Waals surface area contributed by atoms with Crippen molar-refractivity contribution in [1.29, 1.82) is 0 Å². The van der Waals surface area contributed by atoms with Gasteiger partial charge in [-0.1, -0.05) is 54.6 Å². The zero-order valence-electron chi connectivity index (χ0n) is 14.1. The second-order valence-corrected chi connectivity index (χ2v) is 6.64. The number of aliphatic carboxylic acids is 1. The Labute approximate surface area is 151 Å². The summed E-state index contributed by atoms with van der Waals surface area (Å²) in [5.74, 6) is -0.911. The van der Waals surface area contributed by atoms with E-state index in [2.05, 4.69) is 29.6 Å². The van der Waals surface area contributed by atoms with Crippen LogP contribution in [0.3, 0.4) is 0 Å². The molecule has 2 aromatic carbocycles. The number of benzene rings is 2. The van der Waals surface area contributed by atoms with Crippen molar-refractivity contribution in [3.8, 4) is 11.1 Å². The highest BCUT2D eigenvalue weighted by Crippen LogP contribution is 2.44. The molecular weight excluding hydrogens is 330 g/mol. The summed E-state index contributed by atoms with van der Waals surface area (Å²) in [5.41, 5.74) is 5.04. The Morgan fingerprint density at radius 1 is 1.04 bits per heavy atom. The maximum absolute atomic E-state index is 12.2. The molecule has 1 atom stereocenters. The molecule has 132 valence electrons. The van der Waals surface area contributed by atoms with Gasteiger partial charge < -0.3 is 15.2 Å². The molecule has 0 radical (unpaired) electrons. The molecule has 0 spiro atoms. The number of hydrogen-bond acceptors (Lipinski definition) is 3. The van der Waals surface area contributed by atoms with E-state index in [1.54, 1.807) is 6.08 Å². The number of fused-ring (bicyclic) bond motifs is 3. The average Bonchev–Trinajstić information content (AvgIpc) is 3.23.